The van der Waals surface area contributed by atoms with Crippen LogP contribution in [0.3, 0.4) is 0 Å². The molecule has 23 aromatic carbocycles. The molecule has 0 N–H and O–H groups in total. The fourth-order valence-electron chi connectivity index (χ4n) is 27.5. The van der Waals surface area contributed by atoms with Gasteiger partial charge in [-0.15, -0.1) is 0 Å². The first-order valence-electron chi connectivity index (χ1n) is 52.1. The van der Waals surface area contributed by atoms with E-state index in [1.165, 1.54) is 250 Å². The highest BCUT2D eigenvalue weighted by Crippen LogP contribution is 2.52. The van der Waals surface area contributed by atoms with Gasteiger partial charge in [0.25, 0.3) is 33.6 Å². The third kappa shape index (κ3) is 12.7. The van der Waals surface area contributed by atoms with Gasteiger partial charge in [-0.05, 0) is 248 Å². The van der Waals surface area contributed by atoms with Gasteiger partial charge in [0, 0.05) is 206 Å². The second-order valence-electron chi connectivity index (χ2n) is 41.0. The maximum Gasteiger partial charge on any atom is 0.252 e. The van der Waals surface area contributed by atoms with E-state index >= 15 is 0 Å². The van der Waals surface area contributed by atoms with Crippen molar-refractivity contribution in [2.24, 2.45) is 0 Å². The highest BCUT2D eigenvalue weighted by atomic mass is 15.2. The molecule has 10 aliphatic rings. The van der Waals surface area contributed by atoms with Crippen LogP contribution < -0.4 is 131 Å². The second-order valence-corrected chi connectivity index (χ2v) is 41.0. The highest BCUT2D eigenvalue weighted by molar-refractivity contribution is 7.04. The van der Waals surface area contributed by atoms with Crippen LogP contribution in [0, 0.1) is 0 Å². The first-order chi connectivity index (χ1) is 73.6. The minimum Gasteiger partial charge on any atom is -0.345 e. The quantitative estimate of drug-likeness (QED) is 0.159. The molecule has 0 spiro atoms. The van der Waals surface area contributed by atoms with Crippen LogP contribution in [0.5, 0.6) is 0 Å². The standard InChI is InChI=1S/C54H36B2N4.2C28H21BN2.C24H19BN2/c1-5-19-37(20-6-1)57-45-29-15-13-27-41(45)55-43-35-52-44(36-51(43)59(39-23-9-3-10-24-39)49-33-17-31-47(57)53(49)55)56-42-28-14-16-30-46(42)58(38-21-7-2-8-22-38)48-32-18-34-50(54(48)56)60(52)40-25-11-4-12-26-40;1-30-24-14-8-7-13-22(24)29-23-16-15-18-9-3-5-11-20(18)27(23)31(2)25-17-19-10-4-6-12-21(19)28(30)26(25)29;1-30-24-14-8-7-13-22(24)29-23-16-15-18-9-3-5-11-20(18)27(23)31(2)28-21-12-6-4-10-19(21)17-25(30)26(28)29;1-26-20-13-7-5-11-18(20)25-19-12-6-8-14-21(19)27(2)24-17-10-4-3-9-16(17)15-22(26)23(24)25/h1-36H;2*3-17H,1-2H3;3-15H,1-2H3. The molecule has 0 saturated carbocycles. The molecule has 33 rings (SSSR count). The van der Waals surface area contributed by atoms with E-state index in [1.807, 2.05) is 0 Å². The van der Waals surface area contributed by atoms with Crippen molar-refractivity contribution in [1.82, 2.24) is 0 Å². The third-order valence-corrected chi connectivity index (χ3v) is 33.6. The van der Waals surface area contributed by atoms with Crippen LogP contribution >= 0.6 is 0 Å². The molecule has 15 heteroatoms. The number of para-hydroxylation sites is 10. The monoisotopic (exact) mass is 1900 g/mol. The topological polar surface area (TPSA) is 32.4 Å². The first-order valence-corrected chi connectivity index (χ1v) is 52.1. The van der Waals surface area contributed by atoms with E-state index < -0.39 is 0 Å². The summed E-state index contributed by atoms with van der Waals surface area (Å²) < 4.78 is 0. The summed E-state index contributed by atoms with van der Waals surface area (Å²) in [5.41, 5.74) is 50.6. The second kappa shape index (κ2) is 33.6. The van der Waals surface area contributed by atoms with Crippen molar-refractivity contribution in [3.8, 4) is 0 Å². The summed E-state index contributed by atoms with van der Waals surface area (Å²) in [5.74, 6) is 0. The van der Waals surface area contributed by atoms with Crippen molar-refractivity contribution in [2.75, 3.05) is 91.3 Å². The molecule has 10 nitrogen and oxygen atoms in total. The van der Waals surface area contributed by atoms with Crippen molar-refractivity contribution in [3.05, 3.63) is 479 Å². The van der Waals surface area contributed by atoms with Crippen LogP contribution in [0.1, 0.15) is 0 Å². The summed E-state index contributed by atoms with van der Waals surface area (Å²) >= 11 is 0. The van der Waals surface area contributed by atoms with Crippen molar-refractivity contribution >= 4 is 306 Å². The molecule has 0 atom stereocenters. The maximum absolute atomic E-state index is 2.55. The Kier molecular flexibility index (Phi) is 19.5. The van der Waals surface area contributed by atoms with Gasteiger partial charge < -0.3 is 49.0 Å². The van der Waals surface area contributed by atoms with E-state index in [-0.39, 0.29) is 33.6 Å². The summed E-state index contributed by atoms with van der Waals surface area (Å²) in [5, 5.41) is 13.1. The zero-order chi connectivity index (χ0) is 98.8. The van der Waals surface area contributed by atoms with Gasteiger partial charge in [0.15, 0.2) is 0 Å². The van der Waals surface area contributed by atoms with Gasteiger partial charge in [-0.2, -0.15) is 0 Å². The van der Waals surface area contributed by atoms with Crippen LogP contribution in [-0.4, -0.2) is 75.8 Å². The average Bonchev–Trinajstić information content (AvgIpc) is 0.682. The summed E-state index contributed by atoms with van der Waals surface area (Å²) in [4.78, 5) is 24.4. The number of rotatable bonds is 4. The smallest absolute Gasteiger partial charge is 0.252 e. The number of nitrogens with zero attached hydrogens (tertiary/aromatic N) is 10. The number of benzene rings is 23. The molecule has 149 heavy (non-hydrogen) atoms. The van der Waals surface area contributed by atoms with Gasteiger partial charge in [-0.3, -0.25) is 0 Å². The Hall–Kier alpha value is -18.3. The lowest BCUT2D eigenvalue weighted by atomic mass is 9.31. The van der Waals surface area contributed by atoms with Crippen LogP contribution in [0.15, 0.2) is 479 Å². The van der Waals surface area contributed by atoms with Gasteiger partial charge >= 0.3 is 0 Å². The average molecular weight is 1900 g/mol. The molecule has 0 fully saturated rings. The number of hydrogen-bond donors (Lipinski definition) is 0. The SMILES string of the molecule is CN1c2cc3ccccc3c3c2B(c2ccccc2N3C)c2ccc3ccccc3c21.CN1c2ccccc2B2c3ccc4ccccc4c3N(C)c3c2c1cc1ccccc31.CN1c2ccccc2B2c3ccccc3N(C)c3c2c1cc1ccccc31.c1ccc(N2c3ccccc3B3c4cc5c(cc4N(c4ccccc4)c4cccc2c43)B2c3ccccc3N(c3ccccc3)c3cccc(c32)N5c2ccccc2)cc1. The molecule has 0 radical (unpaired) electrons. The van der Waals surface area contributed by atoms with Crippen molar-refractivity contribution < 1.29 is 0 Å². The fourth-order valence-corrected chi connectivity index (χ4v) is 27.5. The van der Waals surface area contributed by atoms with Crippen molar-refractivity contribution in [3.63, 3.8) is 0 Å². The molecule has 698 valence electrons. The Labute approximate surface area is 870 Å². The normalized spacial score (nSPS) is 13.9. The van der Waals surface area contributed by atoms with E-state index in [1.54, 1.807) is 0 Å². The minimum atomic E-state index is 0.00481. The summed E-state index contributed by atoms with van der Waals surface area (Å²) in [7, 11) is 13.3. The van der Waals surface area contributed by atoms with Gasteiger partial charge in [0.2, 0.25) is 0 Å². The lowest BCUT2D eigenvalue weighted by Crippen LogP contribution is -2.64. The largest absolute Gasteiger partial charge is 0.345 e. The summed E-state index contributed by atoms with van der Waals surface area (Å²) in [6, 6.07) is 176. The first kappa shape index (κ1) is 86.2. The zero-order valence-electron chi connectivity index (χ0n) is 83.5. The Morgan fingerprint density at radius 1 is 0.128 bits per heavy atom. The van der Waals surface area contributed by atoms with Crippen LogP contribution in [0.25, 0.3) is 53.9 Å². The Balaban J connectivity index is 0.0000000975. The van der Waals surface area contributed by atoms with Crippen molar-refractivity contribution in [2.45, 2.75) is 0 Å². The van der Waals surface area contributed by atoms with E-state index in [0.717, 1.165) is 22.7 Å². The molecular formula is C134H97B5N10. The van der Waals surface area contributed by atoms with E-state index in [2.05, 4.69) is 571 Å². The number of anilines is 24. The predicted octanol–water partition coefficient (Wildman–Crippen LogP) is 22.7. The molecule has 0 saturated heterocycles. The molecule has 10 aliphatic heterocycles. The minimum absolute atomic E-state index is 0.00481. The molecular weight excluding hydrogens is 1800 g/mol. The van der Waals surface area contributed by atoms with Crippen molar-refractivity contribution in [1.29, 1.82) is 0 Å². The van der Waals surface area contributed by atoms with Crippen LogP contribution in [0.4, 0.5) is 136 Å². The number of fused-ring (bicyclic) bond motifs is 30. The Morgan fingerprint density at radius 2 is 0.349 bits per heavy atom. The molecule has 0 aromatic heterocycles. The van der Waals surface area contributed by atoms with E-state index in [4.69, 9.17) is 0 Å². The predicted molar refractivity (Wildman–Crippen MR) is 642 cm³/mol. The van der Waals surface area contributed by atoms with Gasteiger partial charge in [-0.25, -0.2) is 0 Å². The van der Waals surface area contributed by atoms with E-state index in [9.17, 15) is 0 Å². The lowest BCUT2D eigenvalue weighted by Gasteiger charge is -2.47. The molecule has 23 aromatic rings. The van der Waals surface area contributed by atoms with Crippen LogP contribution in [0.2, 0.25) is 0 Å². The maximum atomic E-state index is 2.55. The third-order valence-electron chi connectivity index (χ3n) is 33.6. The molecule has 0 amide bonds. The lowest BCUT2D eigenvalue weighted by molar-refractivity contribution is 1.19. The summed E-state index contributed by atoms with van der Waals surface area (Å²) in [6.07, 6.45) is 0. The van der Waals surface area contributed by atoms with Gasteiger partial charge in [0.05, 0.1) is 0 Å². The molecule has 0 bridgehead atoms. The number of hydrogen-bond acceptors (Lipinski definition) is 10. The van der Waals surface area contributed by atoms with Crippen LogP contribution in [-0.2, 0) is 0 Å². The Bertz CT molecular complexity index is 9290. The highest BCUT2D eigenvalue weighted by Gasteiger charge is 2.51. The fraction of sp³-hybridized carbons (Fsp3) is 0.0448. The molecule has 0 aliphatic carbocycles. The Morgan fingerprint density at radius 3 is 0.685 bits per heavy atom. The van der Waals surface area contributed by atoms with Gasteiger partial charge in [-0.1, -0.05) is 340 Å². The van der Waals surface area contributed by atoms with E-state index in [0.29, 0.717) is 0 Å². The van der Waals surface area contributed by atoms with Gasteiger partial charge in [0.1, 0.15) is 0 Å². The zero-order valence-corrected chi connectivity index (χ0v) is 83.5. The molecule has 10 heterocycles. The molecule has 0 unspecified atom stereocenters. The summed E-state index contributed by atoms with van der Waals surface area (Å²) in [6.45, 7) is 0.755.